The van der Waals surface area contributed by atoms with Gasteiger partial charge in [0.25, 0.3) is 0 Å². The molecule has 0 bridgehead atoms. The zero-order chi connectivity index (χ0) is 8.55. The van der Waals surface area contributed by atoms with Crippen LogP contribution in [0.15, 0.2) is 30.3 Å². The maximum absolute atomic E-state index is 4.43. The van der Waals surface area contributed by atoms with Crippen LogP contribution in [0.3, 0.4) is 0 Å². The van der Waals surface area contributed by atoms with Crippen LogP contribution in [0.1, 0.15) is 5.69 Å². The SMILES string of the molecule is Cc1ccc2c(I)cccc2n1. The van der Waals surface area contributed by atoms with Crippen molar-refractivity contribution in [3.05, 3.63) is 39.6 Å². The zero-order valence-electron chi connectivity index (χ0n) is 6.71. The summed E-state index contributed by atoms with van der Waals surface area (Å²) < 4.78 is 1.26. The van der Waals surface area contributed by atoms with Crippen LogP contribution in [0.2, 0.25) is 0 Å². The molecule has 0 aliphatic carbocycles. The lowest BCUT2D eigenvalue weighted by molar-refractivity contribution is 1.25. The minimum absolute atomic E-state index is 1.07. The first-order valence-corrected chi connectivity index (χ1v) is 4.87. The van der Waals surface area contributed by atoms with Gasteiger partial charge >= 0.3 is 0 Å². The molecule has 12 heavy (non-hydrogen) atoms. The molecular weight excluding hydrogens is 261 g/mol. The minimum Gasteiger partial charge on any atom is -0.253 e. The van der Waals surface area contributed by atoms with E-state index in [1.54, 1.807) is 0 Å². The molecular formula is C10H8IN. The summed E-state index contributed by atoms with van der Waals surface area (Å²) in [6, 6.07) is 10.4. The van der Waals surface area contributed by atoms with Gasteiger partial charge in [-0.25, -0.2) is 0 Å². The quantitative estimate of drug-likeness (QED) is 0.669. The Morgan fingerprint density at radius 3 is 2.83 bits per heavy atom. The van der Waals surface area contributed by atoms with Gasteiger partial charge in [0.05, 0.1) is 5.52 Å². The second-order valence-electron chi connectivity index (χ2n) is 2.76. The van der Waals surface area contributed by atoms with Crippen molar-refractivity contribution < 1.29 is 0 Å². The number of nitrogens with zero attached hydrogens (tertiary/aromatic N) is 1. The highest BCUT2D eigenvalue weighted by Crippen LogP contribution is 2.18. The highest BCUT2D eigenvalue weighted by Gasteiger charge is 1.97. The molecule has 0 N–H and O–H groups in total. The van der Waals surface area contributed by atoms with Crippen molar-refractivity contribution in [2.75, 3.05) is 0 Å². The third kappa shape index (κ3) is 1.31. The molecule has 1 aromatic carbocycles. The highest BCUT2D eigenvalue weighted by molar-refractivity contribution is 14.1. The van der Waals surface area contributed by atoms with Gasteiger partial charge in [-0.15, -0.1) is 0 Å². The lowest BCUT2D eigenvalue weighted by atomic mass is 10.2. The van der Waals surface area contributed by atoms with E-state index in [2.05, 4.69) is 39.7 Å². The van der Waals surface area contributed by atoms with E-state index in [0.717, 1.165) is 11.2 Å². The number of rotatable bonds is 0. The van der Waals surface area contributed by atoms with Crippen LogP contribution in [0.4, 0.5) is 0 Å². The summed E-state index contributed by atoms with van der Waals surface area (Å²) in [6.45, 7) is 2.01. The molecule has 0 spiro atoms. The molecule has 0 fully saturated rings. The fourth-order valence-corrected chi connectivity index (χ4v) is 1.88. The summed E-state index contributed by atoms with van der Waals surface area (Å²) in [5.74, 6) is 0. The van der Waals surface area contributed by atoms with E-state index in [-0.39, 0.29) is 0 Å². The highest BCUT2D eigenvalue weighted by atomic mass is 127. The predicted octanol–water partition coefficient (Wildman–Crippen LogP) is 3.15. The number of aromatic nitrogens is 1. The molecule has 1 heterocycles. The lowest BCUT2D eigenvalue weighted by Gasteiger charge is -1.99. The molecule has 2 aromatic rings. The normalized spacial score (nSPS) is 10.5. The first-order chi connectivity index (χ1) is 5.77. The first-order valence-electron chi connectivity index (χ1n) is 3.79. The van der Waals surface area contributed by atoms with Crippen LogP contribution in [-0.2, 0) is 0 Å². The molecule has 0 radical (unpaired) electrons. The van der Waals surface area contributed by atoms with E-state index < -0.39 is 0 Å². The van der Waals surface area contributed by atoms with E-state index in [0.29, 0.717) is 0 Å². The van der Waals surface area contributed by atoms with Crippen molar-refractivity contribution in [3.8, 4) is 0 Å². The maximum Gasteiger partial charge on any atom is 0.0715 e. The van der Waals surface area contributed by atoms with Crippen LogP contribution in [0.5, 0.6) is 0 Å². The number of halogens is 1. The third-order valence-corrected chi connectivity index (χ3v) is 2.76. The molecule has 0 amide bonds. The smallest absolute Gasteiger partial charge is 0.0715 e. The molecule has 0 aliphatic heterocycles. The minimum atomic E-state index is 1.07. The van der Waals surface area contributed by atoms with Crippen LogP contribution < -0.4 is 0 Å². The monoisotopic (exact) mass is 269 g/mol. The topological polar surface area (TPSA) is 12.9 Å². The fourth-order valence-electron chi connectivity index (χ4n) is 1.22. The van der Waals surface area contributed by atoms with Gasteiger partial charge < -0.3 is 0 Å². The van der Waals surface area contributed by atoms with Crippen LogP contribution >= 0.6 is 22.6 Å². The van der Waals surface area contributed by atoms with Gasteiger partial charge in [-0.05, 0) is 53.8 Å². The molecule has 0 unspecified atom stereocenters. The summed E-state index contributed by atoms with van der Waals surface area (Å²) in [4.78, 5) is 4.43. The summed E-state index contributed by atoms with van der Waals surface area (Å²) in [7, 11) is 0. The van der Waals surface area contributed by atoms with Gasteiger partial charge in [0.2, 0.25) is 0 Å². The van der Waals surface area contributed by atoms with Crippen LogP contribution in [-0.4, -0.2) is 4.98 Å². The Hall–Kier alpha value is -0.640. The lowest BCUT2D eigenvalue weighted by Crippen LogP contribution is -1.84. The average molecular weight is 269 g/mol. The van der Waals surface area contributed by atoms with Crippen molar-refractivity contribution in [1.29, 1.82) is 0 Å². The molecule has 2 rings (SSSR count). The number of hydrogen-bond acceptors (Lipinski definition) is 1. The molecule has 1 aromatic heterocycles. The number of aryl methyl sites for hydroxylation is 1. The summed E-state index contributed by atoms with van der Waals surface area (Å²) in [5, 5.41) is 1.24. The van der Waals surface area contributed by atoms with Gasteiger partial charge in [-0.2, -0.15) is 0 Å². The van der Waals surface area contributed by atoms with Gasteiger partial charge in [-0.3, -0.25) is 4.98 Å². The second-order valence-corrected chi connectivity index (χ2v) is 3.92. The molecule has 0 atom stereocenters. The Labute approximate surface area is 85.0 Å². The Bertz CT molecular complexity index is 423. The number of hydrogen-bond donors (Lipinski definition) is 0. The summed E-state index contributed by atoms with van der Waals surface area (Å²) in [6.07, 6.45) is 0. The van der Waals surface area contributed by atoms with Gasteiger partial charge in [0.1, 0.15) is 0 Å². The Morgan fingerprint density at radius 1 is 1.17 bits per heavy atom. The van der Waals surface area contributed by atoms with Crippen molar-refractivity contribution in [1.82, 2.24) is 4.98 Å². The van der Waals surface area contributed by atoms with E-state index in [1.807, 2.05) is 25.1 Å². The molecule has 0 saturated heterocycles. The van der Waals surface area contributed by atoms with Gasteiger partial charge in [0, 0.05) is 14.7 Å². The van der Waals surface area contributed by atoms with E-state index in [4.69, 9.17) is 0 Å². The van der Waals surface area contributed by atoms with Crippen LogP contribution in [0, 0.1) is 10.5 Å². The Morgan fingerprint density at radius 2 is 2.00 bits per heavy atom. The fraction of sp³-hybridized carbons (Fsp3) is 0.100. The molecule has 0 saturated carbocycles. The maximum atomic E-state index is 4.43. The van der Waals surface area contributed by atoms with E-state index in [1.165, 1.54) is 8.96 Å². The van der Waals surface area contributed by atoms with Crippen molar-refractivity contribution in [2.45, 2.75) is 6.92 Å². The summed E-state index contributed by atoms with van der Waals surface area (Å²) >= 11 is 2.33. The second kappa shape index (κ2) is 3.01. The Kier molecular flexibility index (Phi) is 2.00. The standard InChI is InChI=1S/C10H8IN/c1-7-5-6-8-9(11)3-2-4-10(8)12-7/h2-6H,1H3. The molecule has 60 valence electrons. The Balaban J connectivity index is 2.86. The third-order valence-electron chi connectivity index (χ3n) is 1.82. The van der Waals surface area contributed by atoms with Crippen LogP contribution in [0.25, 0.3) is 10.9 Å². The number of benzene rings is 1. The number of pyridine rings is 1. The van der Waals surface area contributed by atoms with Gasteiger partial charge in [-0.1, -0.05) is 6.07 Å². The van der Waals surface area contributed by atoms with Crippen molar-refractivity contribution in [2.24, 2.45) is 0 Å². The predicted molar refractivity (Wildman–Crippen MR) is 59.2 cm³/mol. The molecule has 2 heteroatoms. The summed E-state index contributed by atoms with van der Waals surface area (Å²) in [5.41, 5.74) is 2.16. The largest absolute Gasteiger partial charge is 0.253 e. The zero-order valence-corrected chi connectivity index (χ0v) is 8.87. The average Bonchev–Trinajstić information content (AvgIpc) is 2.04. The number of fused-ring (bicyclic) bond motifs is 1. The molecule has 0 aliphatic rings. The van der Waals surface area contributed by atoms with Crippen molar-refractivity contribution >= 4 is 33.5 Å². The van der Waals surface area contributed by atoms with Crippen molar-refractivity contribution in [3.63, 3.8) is 0 Å². The van der Waals surface area contributed by atoms with E-state index in [9.17, 15) is 0 Å². The first kappa shape index (κ1) is 7.98. The van der Waals surface area contributed by atoms with Gasteiger partial charge in [0.15, 0.2) is 0 Å². The van der Waals surface area contributed by atoms with E-state index >= 15 is 0 Å². The molecule has 1 nitrogen and oxygen atoms in total.